The van der Waals surface area contributed by atoms with Crippen molar-refractivity contribution in [1.82, 2.24) is 5.32 Å². The first-order valence-electron chi connectivity index (χ1n) is 7.35. The minimum Gasteiger partial charge on any atom is -0.399 e. The van der Waals surface area contributed by atoms with Gasteiger partial charge in [-0.1, -0.05) is 13.0 Å². The fourth-order valence-corrected chi connectivity index (χ4v) is 2.51. The monoisotopic (exact) mass is 275 g/mol. The molecule has 1 heterocycles. The summed E-state index contributed by atoms with van der Waals surface area (Å²) < 4.78 is 0. The molecule has 110 valence electrons. The second kappa shape index (κ2) is 5.73. The molecule has 0 unspecified atom stereocenters. The minimum atomic E-state index is -0.147. The molecule has 0 saturated heterocycles. The van der Waals surface area contributed by atoms with Gasteiger partial charge in [-0.15, -0.1) is 0 Å². The van der Waals surface area contributed by atoms with Gasteiger partial charge in [-0.3, -0.25) is 4.79 Å². The number of nitrogens with two attached hydrogens (primary N) is 1. The number of anilines is 2. The van der Waals surface area contributed by atoms with Gasteiger partial charge in [0.1, 0.15) is 0 Å². The molecule has 1 aromatic carbocycles. The van der Waals surface area contributed by atoms with E-state index >= 15 is 0 Å². The van der Waals surface area contributed by atoms with Gasteiger partial charge in [0.2, 0.25) is 5.91 Å². The first-order valence-corrected chi connectivity index (χ1v) is 7.35. The van der Waals surface area contributed by atoms with Crippen molar-refractivity contribution in [3.63, 3.8) is 0 Å². The summed E-state index contributed by atoms with van der Waals surface area (Å²) in [6.07, 6.45) is 3.07. The first kappa shape index (κ1) is 14.7. The van der Waals surface area contributed by atoms with Crippen LogP contribution in [0, 0.1) is 0 Å². The molecule has 0 aromatic heterocycles. The molecule has 1 amide bonds. The Morgan fingerprint density at radius 2 is 2.20 bits per heavy atom. The average molecular weight is 275 g/mol. The summed E-state index contributed by atoms with van der Waals surface area (Å²) in [5, 5.41) is 3.09. The number of carbonyl (C=O) groups excluding carboxylic acids is 1. The van der Waals surface area contributed by atoms with Gasteiger partial charge < -0.3 is 16.0 Å². The lowest BCUT2D eigenvalue weighted by atomic mass is 10.0. The lowest BCUT2D eigenvalue weighted by Gasteiger charge is -2.32. The summed E-state index contributed by atoms with van der Waals surface area (Å²) in [6, 6.07) is 5.99. The van der Waals surface area contributed by atoms with E-state index in [0.29, 0.717) is 6.54 Å². The number of nitrogens with zero attached hydrogens (tertiary/aromatic N) is 1. The highest BCUT2D eigenvalue weighted by Crippen LogP contribution is 2.28. The Labute approximate surface area is 121 Å². The SMILES string of the molecule is CCC(C)(C)NC(=O)CN1CCCc2ccc(N)cc21. The zero-order chi connectivity index (χ0) is 14.8. The van der Waals surface area contributed by atoms with E-state index in [0.717, 1.165) is 37.2 Å². The van der Waals surface area contributed by atoms with Crippen LogP contribution in [0.3, 0.4) is 0 Å². The molecule has 20 heavy (non-hydrogen) atoms. The smallest absolute Gasteiger partial charge is 0.239 e. The van der Waals surface area contributed by atoms with Gasteiger partial charge in [0, 0.05) is 23.5 Å². The molecule has 1 aliphatic heterocycles. The molecule has 2 rings (SSSR count). The van der Waals surface area contributed by atoms with Crippen LogP contribution in [0.4, 0.5) is 11.4 Å². The predicted octanol–water partition coefficient (Wildman–Crippen LogP) is 2.33. The Balaban J connectivity index is 2.08. The Morgan fingerprint density at radius 1 is 1.45 bits per heavy atom. The lowest BCUT2D eigenvalue weighted by Crippen LogP contribution is -2.48. The Morgan fingerprint density at radius 3 is 2.90 bits per heavy atom. The highest BCUT2D eigenvalue weighted by molar-refractivity contribution is 5.82. The molecule has 1 aromatic rings. The van der Waals surface area contributed by atoms with Crippen molar-refractivity contribution >= 4 is 17.3 Å². The van der Waals surface area contributed by atoms with E-state index in [-0.39, 0.29) is 11.4 Å². The van der Waals surface area contributed by atoms with Crippen molar-refractivity contribution in [3.05, 3.63) is 23.8 Å². The number of carbonyl (C=O) groups is 1. The number of rotatable bonds is 4. The van der Waals surface area contributed by atoms with E-state index < -0.39 is 0 Å². The van der Waals surface area contributed by atoms with Crippen molar-refractivity contribution in [2.45, 2.75) is 45.6 Å². The standard InChI is InChI=1S/C16H25N3O/c1-4-16(2,3)18-15(20)11-19-9-5-6-12-7-8-13(17)10-14(12)19/h7-8,10H,4-6,9,11,17H2,1-3H3,(H,18,20). The molecule has 0 bridgehead atoms. The maximum Gasteiger partial charge on any atom is 0.239 e. The molecule has 4 heteroatoms. The van der Waals surface area contributed by atoms with E-state index in [9.17, 15) is 4.79 Å². The Kier molecular flexibility index (Phi) is 4.21. The fraction of sp³-hybridized carbons (Fsp3) is 0.562. The van der Waals surface area contributed by atoms with Crippen LogP contribution in [0.15, 0.2) is 18.2 Å². The molecule has 0 spiro atoms. The zero-order valence-corrected chi connectivity index (χ0v) is 12.7. The van der Waals surface area contributed by atoms with Crippen LogP contribution < -0.4 is 16.0 Å². The molecule has 0 radical (unpaired) electrons. The third kappa shape index (κ3) is 3.44. The molecule has 3 N–H and O–H groups in total. The number of hydrogen-bond donors (Lipinski definition) is 2. The largest absolute Gasteiger partial charge is 0.399 e. The van der Waals surface area contributed by atoms with Crippen molar-refractivity contribution < 1.29 is 4.79 Å². The van der Waals surface area contributed by atoms with Crippen molar-refractivity contribution in [3.8, 4) is 0 Å². The van der Waals surface area contributed by atoms with Crippen LogP contribution in [-0.4, -0.2) is 24.5 Å². The first-order chi connectivity index (χ1) is 9.41. The van der Waals surface area contributed by atoms with Crippen LogP contribution >= 0.6 is 0 Å². The second-order valence-corrected chi connectivity index (χ2v) is 6.20. The summed E-state index contributed by atoms with van der Waals surface area (Å²) >= 11 is 0. The van der Waals surface area contributed by atoms with Crippen molar-refractivity contribution in [1.29, 1.82) is 0 Å². The zero-order valence-electron chi connectivity index (χ0n) is 12.7. The predicted molar refractivity (Wildman–Crippen MR) is 83.9 cm³/mol. The summed E-state index contributed by atoms with van der Waals surface area (Å²) in [5.74, 6) is 0.0760. The molecule has 0 saturated carbocycles. The Hall–Kier alpha value is -1.71. The molecular formula is C16H25N3O. The van der Waals surface area contributed by atoms with E-state index in [1.165, 1.54) is 5.56 Å². The number of amides is 1. The van der Waals surface area contributed by atoms with Crippen LogP contribution in [0.1, 0.15) is 39.2 Å². The van der Waals surface area contributed by atoms with Gasteiger partial charge in [0.05, 0.1) is 6.54 Å². The lowest BCUT2D eigenvalue weighted by molar-refractivity contribution is -0.121. The van der Waals surface area contributed by atoms with E-state index in [1.807, 2.05) is 26.0 Å². The molecule has 0 aliphatic carbocycles. The van der Waals surface area contributed by atoms with E-state index in [4.69, 9.17) is 5.73 Å². The fourth-order valence-electron chi connectivity index (χ4n) is 2.51. The van der Waals surface area contributed by atoms with Crippen molar-refractivity contribution in [2.75, 3.05) is 23.7 Å². The highest BCUT2D eigenvalue weighted by atomic mass is 16.2. The second-order valence-electron chi connectivity index (χ2n) is 6.20. The number of nitrogen functional groups attached to an aromatic ring is 1. The normalized spacial score (nSPS) is 14.8. The van der Waals surface area contributed by atoms with Crippen LogP contribution in [0.2, 0.25) is 0 Å². The van der Waals surface area contributed by atoms with E-state index in [1.54, 1.807) is 0 Å². The van der Waals surface area contributed by atoms with Crippen molar-refractivity contribution in [2.24, 2.45) is 0 Å². The van der Waals surface area contributed by atoms with Gasteiger partial charge >= 0.3 is 0 Å². The van der Waals surface area contributed by atoms with Gasteiger partial charge in [-0.25, -0.2) is 0 Å². The third-order valence-corrected chi connectivity index (χ3v) is 4.02. The molecule has 1 aliphatic rings. The van der Waals surface area contributed by atoms with Crippen LogP contribution in [0.5, 0.6) is 0 Å². The number of benzene rings is 1. The maximum atomic E-state index is 12.2. The van der Waals surface area contributed by atoms with Gasteiger partial charge in [-0.05, 0) is 50.8 Å². The molecule has 4 nitrogen and oxygen atoms in total. The summed E-state index contributed by atoms with van der Waals surface area (Å²) in [7, 11) is 0. The Bertz CT molecular complexity index is 496. The quantitative estimate of drug-likeness (QED) is 0.829. The number of hydrogen-bond acceptors (Lipinski definition) is 3. The van der Waals surface area contributed by atoms with Gasteiger partial charge in [-0.2, -0.15) is 0 Å². The van der Waals surface area contributed by atoms with Gasteiger partial charge in [0.25, 0.3) is 0 Å². The minimum absolute atomic E-state index is 0.0760. The molecular weight excluding hydrogens is 250 g/mol. The number of nitrogens with one attached hydrogen (secondary N) is 1. The number of aryl methyl sites for hydroxylation is 1. The van der Waals surface area contributed by atoms with Crippen LogP contribution in [0.25, 0.3) is 0 Å². The summed E-state index contributed by atoms with van der Waals surface area (Å²) in [5.41, 5.74) is 8.88. The van der Waals surface area contributed by atoms with Crippen LogP contribution in [-0.2, 0) is 11.2 Å². The highest BCUT2D eigenvalue weighted by Gasteiger charge is 2.22. The molecule has 0 fully saturated rings. The average Bonchev–Trinajstić information content (AvgIpc) is 2.39. The van der Waals surface area contributed by atoms with Gasteiger partial charge in [0.15, 0.2) is 0 Å². The topological polar surface area (TPSA) is 58.4 Å². The summed E-state index contributed by atoms with van der Waals surface area (Å²) in [4.78, 5) is 14.3. The third-order valence-electron chi connectivity index (χ3n) is 4.02. The molecule has 0 atom stereocenters. The summed E-state index contributed by atoms with van der Waals surface area (Å²) in [6.45, 7) is 7.49. The van der Waals surface area contributed by atoms with E-state index in [2.05, 4.69) is 23.2 Å². The number of fused-ring (bicyclic) bond motifs is 1. The maximum absolute atomic E-state index is 12.2.